The van der Waals surface area contributed by atoms with E-state index in [-0.39, 0.29) is 12.5 Å². The summed E-state index contributed by atoms with van der Waals surface area (Å²) >= 11 is 0. The van der Waals surface area contributed by atoms with E-state index in [9.17, 15) is 4.79 Å². The van der Waals surface area contributed by atoms with Crippen molar-refractivity contribution >= 4 is 11.6 Å². The third-order valence-corrected chi connectivity index (χ3v) is 3.74. The highest BCUT2D eigenvalue weighted by molar-refractivity contribution is 5.91. The molecule has 0 aliphatic rings. The van der Waals surface area contributed by atoms with Crippen LogP contribution in [0.5, 0.6) is 0 Å². The van der Waals surface area contributed by atoms with E-state index in [1.54, 1.807) is 17.1 Å². The van der Waals surface area contributed by atoms with E-state index in [2.05, 4.69) is 17.3 Å². The van der Waals surface area contributed by atoms with Crippen molar-refractivity contribution in [2.45, 2.75) is 32.9 Å². The minimum atomic E-state index is -0.205. The van der Waals surface area contributed by atoms with Gasteiger partial charge >= 0.3 is 0 Å². The zero-order valence-corrected chi connectivity index (χ0v) is 15.9. The van der Waals surface area contributed by atoms with Gasteiger partial charge in [0.2, 0.25) is 5.91 Å². The molecule has 2 aromatic rings. The lowest BCUT2D eigenvalue weighted by molar-refractivity contribution is -0.121. The molecule has 1 aromatic heterocycles. The molecule has 1 aromatic carbocycles. The van der Waals surface area contributed by atoms with Crippen LogP contribution >= 0.6 is 0 Å². The highest BCUT2D eigenvalue weighted by Gasteiger charge is 2.05. The molecule has 0 bridgehead atoms. The topological polar surface area (TPSA) is 74.6 Å². The summed E-state index contributed by atoms with van der Waals surface area (Å²) in [6, 6.07) is 10.0. The molecule has 7 nitrogen and oxygen atoms in total. The zero-order valence-electron chi connectivity index (χ0n) is 15.9. The first-order valence-corrected chi connectivity index (χ1v) is 9.37. The molecule has 0 unspecified atom stereocenters. The second-order valence-electron chi connectivity index (χ2n) is 6.10. The number of nitrogens with zero attached hydrogens (tertiary/aromatic N) is 2. The van der Waals surface area contributed by atoms with Gasteiger partial charge in [0, 0.05) is 12.8 Å². The largest absolute Gasteiger partial charge is 0.379 e. The highest BCUT2D eigenvalue weighted by Crippen LogP contribution is 2.05. The maximum atomic E-state index is 11.8. The monoisotopic (exact) mass is 375 g/mol. The van der Waals surface area contributed by atoms with E-state index >= 15 is 0 Å². The molecule has 2 rings (SSSR count). The van der Waals surface area contributed by atoms with Gasteiger partial charge in [-0.15, -0.1) is 0 Å². The Morgan fingerprint density at radius 1 is 1.07 bits per heavy atom. The summed E-state index contributed by atoms with van der Waals surface area (Å²) in [5.74, 6) is -0.205. The van der Waals surface area contributed by atoms with Crippen LogP contribution in [0.15, 0.2) is 42.7 Å². The van der Waals surface area contributed by atoms with Crippen LogP contribution in [0.3, 0.4) is 0 Å². The van der Waals surface area contributed by atoms with Crippen molar-refractivity contribution in [3.05, 3.63) is 48.3 Å². The fourth-order valence-electron chi connectivity index (χ4n) is 2.30. The SMILES string of the molecule is CCCCOCCOCC(=O)Nc1cnn(CCOCc2ccccc2)c1. The molecular weight excluding hydrogens is 346 g/mol. The summed E-state index contributed by atoms with van der Waals surface area (Å²) in [6.07, 6.45) is 5.54. The van der Waals surface area contributed by atoms with E-state index in [0.29, 0.717) is 38.7 Å². The normalized spacial score (nSPS) is 10.9. The van der Waals surface area contributed by atoms with Crippen LogP contribution in [0.25, 0.3) is 0 Å². The summed E-state index contributed by atoms with van der Waals surface area (Å²) in [4.78, 5) is 11.8. The number of amides is 1. The number of carbonyl (C=O) groups excluding carboxylic acids is 1. The standard InChI is InChI=1S/C20H29N3O4/c1-2-3-10-25-12-13-27-17-20(24)22-19-14-21-23(15-19)9-11-26-16-18-7-5-4-6-8-18/h4-8,14-15H,2-3,9-13,16-17H2,1H3,(H,22,24). The Hall–Kier alpha value is -2.22. The van der Waals surface area contributed by atoms with E-state index in [1.165, 1.54) is 0 Å². The number of hydrogen-bond donors (Lipinski definition) is 1. The quantitative estimate of drug-likeness (QED) is 0.514. The maximum absolute atomic E-state index is 11.8. The molecule has 0 saturated heterocycles. The molecule has 1 heterocycles. The van der Waals surface area contributed by atoms with Gasteiger partial charge in [-0.1, -0.05) is 43.7 Å². The lowest BCUT2D eigenvalue weighted by Gasteiger charge is -2.06. The van der Waals surface area contributed by atoms with Crippen LogP contribution in [0.2, 0.25) is 0 Å². The minimum absolute atomic E-state index is 0.00248. The Kier molecular flexibility index (Phi) is 10.2. The van der Waals surface area contributed by atoms with Gasteiger partial charge in [0.05, 0.1) is 44.9 Å². The second-order valence-corrected chi connectivity index (χ2v) is 6.10. The number of hydrogen-bond acceptors (Lipinski definition) is 5. The van der Waals surface area contributed by atoms with E-state index in [0.717, 1.165) is 25.0 Å². The number of nitrogens with one attached hydrogen (secondary N) is 1. The van der Waals surface area contributed by atoms with Gasteiger partial charge < -0.3 is 19.5 Å². The molecule has 148 valence electrons. The van der Waals surface area contributed by atoms with E-state index in [4.69, 9.17) is 14.2 Å². The first kappa shape index (κ1) is 21.1. The molecule has 0 radical (unpaired) electrons. The van der Waals surface area contributed by atoms with Crippen molar-refractivity contribution in [3.63, 3.8) is 0 Å². The van der Waals surface area contributed by atoms with Gasteiger partial charge in [-0.25, -0.2) is 0 Å². The lowest BCUT2D eigenvalue weighted by Crippen LogP contribution is -2.19. The predicted octanol–water partition coefficient (Wildman–Crippen LogP) is 2.87. The molecule has 0 atom stereocenters. The molecule has 0 aliphatic heterocycles. The fraction of sp³-hybridized carbons (Fsp3) is 0.500. The van der Waals surface area contributed by atoms with Crippen molar-refractivity contribution in [3.8, 4) is 0 Å². The molecule has 7 heteroatoms. The van der Waals surface area contributed by atoms with E-state index in [1.807, 2.05) is 30.3 Å². The predicted molar refractivity (Wildman–Crippen MR) is 104 cm³/mol. The third-order valence-electron chi connectivity index (χ3n) is 3.74. The van der Waals surface area contributed by atoms with Crippen LogP contribution in [0.1, 0.15) is 25.3 Å². The Morgan fingerprint density at radius 2 is 1.89 bits per heavy atom. The van der Waals surface area contributed by atoms with Crippen molar-refractivity contribution in [2.75, 3.05) is 38.4 Å². The highest BCUT2D eigenvalue weighted by atomic mass is 16.5. The van der Waals surface area contributed by atoms with Gasteiger partial charge in [-0.2, -0.15) is 5.10 Å². The third kappa shape index (κ3) is 9.33. The summed E-state index contributed by atoms with van der Waals surface area (Å²) in [7, 11) is 0. The molecule has 0 fully saturated rings. The first-order valence-electron chi connectivity index (χ1n) is 9.37. The smallest absolute Gasteiger partial charge is 0.250 e. The van der Waals surface area contributed by atoms with Crippen LogP contribution < -0.4 is 5.32 Å². The van der Waals surface area contributed by atoms with Crippen LogP contribution in [0, 0.1) is 0 Å². The zero-order chi connectivity index (χ0) is 19.2. The van der Waals surface area contributed by atoms with Gasteiger partial charge in [-0.3, -0.25) is 9.48 Å². The Balaban J connectivity index is 1.54. The van der Waals surface area contributed by atoms with Gasteiger partial charge in [0.1, 0.15) is 6.61 Å². The Labute approximate surface area is 160 Å². The number of carbonyl (C=O) groups is 1. The Morgan fingerprint density at radius 3 is 2.70 bits per heavy atom. The lowest BCUT2D eigenvalue weighted by atomic mass is 10.2. The van der Waals surface area contributed by atoms with Gasteiger partial charge in [-0.05, 0) is 12.0 Å². The number of unbranched alkanes of at least 4 members (excludes halogenated alkanes) is 1. The minimum Gasteiger partial charge on any atom is -0.379 e. The number of aromatic nitrogens is 2. The molecule has 27 heavy (non-hydrogen) atoms. The molecule has 0 saturated carbocycles. The number of anilines is 1. The molecule has 0 aliphatic carbocycles. The first-order chi connectivity index (χ1) is 13.3. The van der Waals surface area contributed by atoms with Crippen molar-refractivity contribution < 1.29 is 19.0 Å². The van der Waals surface area contributed by atoms with Crippen LogP contribution in [-0.4, -0.2) is 48.7 Å². The summed E-state index contributed by atoms with van der Waals surface area (Å²) in [5.41, 5.74) is 1.78. The van der Waals surface area contributed by atoms with Crippen molar-refractivity contribution in [2.24, 2.45) is 0 Å². The summed E-state index contributed by atoms with van der Waals surface area (Å²) < 4.78 is 18.0. The fourth-order valence-corrected chi connectivity index (χ4v) is 2.30. The second kappa shape index (κ2) is 13.0. The summed E-state index contributed by atoms with van der Waals surface area (Å²) in [6.45, 7) is 5.51. The van der Waals surface area contributed by atoms with Crippen LogP contribution in [-0.2, 0) is 32.2 Å². The van der Waals surface area contributed by atoms with Crippen molar-refractivity contribution in [1.29, 1.82) is 0 Å². The number of ether oxygens (including phenoxy) is 3. The van der Waals surface area contributed by atoms with Gasteiger partial charge in [0.15, 0.2) is 0 Å². The molecule has 0 spiro atoms. The molecular formula is C20H29N3O4. The molecule has 1 amide bonds. The average Bonchev–Trinajstić information content (AvgIpc) is 3.12. The molecule has 1 N–H and O–H groups in total. The van der Waals surface area contributed by atoms with Crippen LogP contribution in [0.4, 0.5) is 5.69 Å². The van der Waals surface area contributed by atoms with E-state index < -0.39 is 0 Å². The number of benzene rings is 1. The summed E-state index contributed by atoms with van der Waals surface area (Å²) in [5, 5.41) is 6.97. The Bertz CT molecular complexity index is 646. The van der Waals surface area contributed by atoms with Gasteiger partial charge in [0.25, 0.3) is 0 Å². The van der Waals surface area contributed by atoms with Crippen molar-refractivity contribution in [1.82, 2.24) is 9.78 Å². The maximum Gasteiger partial charge on any atom is 0.250 e. The number of rotatable bonds is 14. The average molecular weight is 375 g/mol.